The van der Waals surface area contributed by atoms with Crippen LogP contribution in [0.2, 0.25) is 0 Å². The largest absolute Gasteiger partial charge is 0.294 e. The second-order valence-electron chi connectivity index (χ2n) is 2.86. The first-order chi connectivity index (χ1) is 6.15. The Balaban J connectivity index is 2.95. The first-order valence-corrected chi connectivity index (χ1v) is 5.61. The van der Waals surface area contributed by atoms with Crippen molar-refractivity contribution in [3.05, 3.63) is 29.3 Å². The number of hydrogen-bond donors (Lipinski definition) is 1. The van der Waals surface area contributed by atoms with E-state index >= 15 is 0 Å². The lowest BCUT2D eigenvalue weighted by Gasteiger charge is -2.03. The molecule has 0 unspecified atom stereocenters. The summed E-state index contributed by atoms with van der Waals surface area (Å²) in [5.41, 5.74) is 1.80. The van der Waals surface area contributed by atoms with Gasteiger partial charge in [0.15, 0.2) is 5.78 Å². The predicted octanol–water partition coefficient (Wildman–Crippen LogP) is 3.25. The summed E-state index contributed by atoms with van der Waals surface area (Å²) < 4.78 is 0. The first kappa shape index (κ1) is 10.8. The minimum absolute atomic E-state index is 0.183. The molecule has 0 fully saturated rings. The smallest absolute Gasteiger partial charge is 0.163 e. The van der Waals surface area contributed by atoms with E-state index in [1.807, 2.05) is 25.1 Å². The number of thiol groups is 1. The molecule has 0 aliphatic carbocycles. The average molecular weight is 259 g/mol. The lowest BCUT2D eigenvalue weighted by Crippen LogP contribution is -2.01. The SMILES string of the molecule is Cc1cc(S)ccc1C(=O)CCBr. The van der Waals surface area contributed by atoms with Gasteiger partial charge in [0.2, 0.25) is 0 Å². The molecule has 0 saturated carbocycles. The van der Waals surface area contributed by atoms with Crippen LogP contribution in [0.4, 0.5) is 0 Å². The molecule has 13 heavy (non-hydrogen) atoms. The zero-order valence-corrected chi connectivity index (χ0v) is 9.86. The number of carbonyl (C=O) groups is 1. The highest BCUT2D eigenvalue weighted by atomic mass is 79.9. The average Bonchev–Trinajstić information content (AvgIpc) is 2.04. The Bertz CT molecular complexity index is 323. The van der Waals surface area contributed by atoms with Crippen LogP contribution in [-0.2, 0) is 0 Å². The summed E-state index contributed by atoms with van der Waals surface area (Å²) in [6.45, 7) is 1.93. The van der Waals surface area contributed by atoms with Gasteiger partial charge >= 0.3 is 0 Å². The van der Waals surface area contributed by atoms with Crippen molar-refractivity contribution < 1.29 is 4.79 Å². The van der Waals surface area contributed by atoms with Crippen LogP contribution in [0, 0.1) is 6.92 Å². The van der Waals surface area contributed by atoms with Gasteiger partial charge in [0.05, 0.1) is 0 Å². The van der Waals surface area contributed by atoms with E-state index in [1.165, 1.54) is 0 Å². The van der Waals surface area contributed by atoms with Gasteiger partial charge in [0.1, 0.15) is 0 Å². The Hall–Kier alpha value is -0.280. The van der Waals surface area contributed by atoms with Crippen LogP contribution in [0.1, 0.15) is 22.3 Å². The van der Waals surface area contributed by atoms with E-state index < -0.39 is 0 Å². The van der Waals surface area contributed by atoms with Crippen molar-refractivity contribution in [2.75, 3.05) is 5.33 Å². The molecule has 1 nitrogen and oxygen atoms in total. The van der Waals surface area contributed by atoms with Crippen LogP contribution >= 0.6 is 28.6 Å². The fraction of sp³-hybridized carbons (Fsp3) is 0.300. The predicted molar refractivity (Wildman–Crippen MR) is 61.2 cm³/mol. The molecule has 1 aromatic carbocycles. The molecule has 0 aromatic heterocycles. The van der Waals surface area contributed by atoms with Crippen LogP contribution in [0.5, 0.6) is 0 Å². The highest BCUT2D eigenvalue weighted by Crippen LogP contribution is 2.15. The normalized spacial score (nSPS) is 10.1. The monoisotopic (exact) mass is 258 g/mol. The Morgan fingerprint density at radius 1 is 1.54 bits per heavy atom. The molecule has 1 rings (SSSR count). The molecule has 0 aliphatic heterocycles. The Morgan fingerprint density at radius 3 is 2.77 bits per heavy atom. The van der Waals surface area contributed by atoms with Crippen molar-refractivity contribution in [3.63, 3.8) is 0 Å². The van der Waals surface area contributed by atoms with Crippen LogP contribution in [0.25, 0.3) is 0 Å². The third kappa shape index (κ3) is 2.85. The minimum atomic E-state index is 0.183. The summed E-state index contributed by atoms with van der Waals surface area (Å²) in [7, 11) is 0. The van der Waals surface area contributed by atoms with Crippen molar-refractivity contribution in [3.8, 4) is 0 Å². The molecule has 70 valence electrons. The molecule has 0 bridgehead atoms. The quantitative estimate of drug-likeness (QED) is 0.501. The fourth-order valence-electron chi connectivity index (χ4n) is 1.18. The molecule has 0 spiro atoms. The maximum atomic E-state index is 11.5. The zero-order valence-electron chi connectivity index (χ0n) is 7.38. The lowest BCUT2D eigenvalue weighted by atomic mass is 10.0. The number of rotatable bonds is 3. The van der Waals surface area contributed by atoms with Crippen LogP contribution in [0.3, 0.4) is 0 Å². The maximum Gasteiger partial charge on any atom is 0.163 e. The minimum Gasteiger partial charge on any atom is -0.294 e. The van der Waals surface area contributed by atoms with E-state index in [9.17, 15) is 4.79 Å². The van der Waals surface area contributed by atoms with Crippen molar-refractivity contribution in [1.29, 1.82) is 0 Å². The summed E-state index contributed by atoms with van der Waals surface area (Å²) in [4.78, 5) is 12.4. The number of hydrogen-bond acceptors (Lipinski definition) is 2. The van der Waals surface area contributed by atoms with Gasteiger partial charge in [0, 0.05) is 22.2 Å². The second kappa shape index (κ2) is 4.82. The molecule has 0 atom stereocenters. The molecule has 0 aliphatic rings. The van der Waals surface area contributed by atoms with Gasteiger partial charge in [0.25, 0.3) is 0 Å². The van der Waals surface area contributed by atoms with Gasteiger partial charge in [-0.25, -0.2) is 0 Å². The Labute approximate surface area is 92.1 Å². The molecule has 0 amide bonds. The van der Waals surface area contributed by atoms with E-state index in [2.05, 4.69) is 28.6 Å². The highest BCUT2D eigenvalue weighted by Gasteiger charge is 2.07. The number of aryl methyl sites for hydroxylation is 1. The van der Waals surface area contributed by atoms with E-state index in [0.717, 1.165) is 16.0 Å². The molecule has 0 saturated heterocycles. The lowest BCUT2D eigenvalue weighted by molar-refractivity contribution is 0.0989. The van der Waals surface area contributed by atoms with Crippen molar-refractivity contribution in [1.82, 2.24) is 0 Å². The number of Topliss-reactive ketones (excluding diaryl/α,β-unsaturated/α-hetero) is 1. The molecular formula is C10H11BrOS. The zero-order chi connectivity index (χ0) is 9.84. The van der Waals surface area contributed by atoms with Gasteiger partial charge in [-0.1, -0.05) is 22.0 Å². The highest BCUT2D eigenvalue weighted by molar-refractivity contribution is 9.09. The topological polar surface area (TPSA) is 17.1 Å². The van der Waals surface area contributed by atoms with Crippen LogP contribution in [-0.4, -0.2) is 11.1 Å². The fourth-order valence-corrected chi connectivity index (χ4v) is 1.81. The first-order valence-electron chi connectivity index (χ1n) is 4.04. The van der Waals surface area contributed by atoms with E-state index in [0.29, 0.717) is 11.8 Å². The van der Waals surface area contributed by atoms with Crippen LogP contribution < -0.4 is 0 Å². The number of alkyl halides is 1. The van der Waals surface area contributed by atoms with Crippen molar-refractivity contribution in [2.45, 2.75) is 18.2 Å². The second-order valence-corrected chi connectivity index (χ2v) is 4.17. The summed E-state index contributed by atoms with van der Waals surface area (Å²) in [5.74, 6) is 0.183. The van der Waals surface area contributed by atoms with E-state index in [1.54, 1.807) is 0 Å². The summed E-state index contributed by atoms with van der Waals surface area (Å²) in [6.07, 6.45) is 0.548. The summed E-state index contributed by atoms with van der Waals surface area (Å²) in [5, 5.41) is 0.716. The van der Waals surface area contributed by atoms with Gasteiger partial charge in [-0.05, 0) is 24.6 Å². The standard InChI is InChI=1S/C10H11BrOS/c1-7-6-8(13)2-3-9(7)10(12)4-5-11/h2-3,6,13H,4-5H2,1H3. The van der Waals surface area contributed by atoms with E-state index in [-0.39, 0.29) is 5.78 Å². The molecule has 1 aromatic rings. The summed E-state index contributed by atoms with van der Waals surface area (Å²) >= 11 is 7.45. The molecular weight excluding hydrogens is 248 g/mol. The van der Waals surface area contributed by atoms with E-state index in [4.69, 9.17) is 0 Å². The molecule has 0 radical (unpaired) electrons. The Morgan fingerprint density at radius 2 is 2.23 bits per heavy atom. The molecule has 0 N–H and O–H groups in total. The van der Waals surface area contributed by atoms with Crippen LogP contribution in [0.15, 0.2) is 23.1 Å². The van der Waals surface area contributed by atoms with Gasteiger partial charge in [-0.2, -0.15) is 0 Å². The van der Waals surface area contributed by atoms with Gasteiger partial charge in [-0.3, -0.25) is 4.79 Å². The van der Waals surface area contributed by atoms with Crippen molar-refractivity contribution >= 4 is 34.3 Å². The number of ketones is 1. The van der Waals surface area contributed by atoms with Gasteiger partial charge < -0.3 is 0 Å². The third-order valence-corrected chi connectivity index (χ3v) is 2.51. The van der Waals surface area contributed by atoms with Crippen molar-refractivity contribution in [2.24, 2.45) is 0 Å². The maximum absolute atomic E-state index is 11.5. The molecule has 3 heteroatoms. The molecule has 0 heterocycles. The van der Waals surface area contributed by atoms with Gasteiger partial charge in [-0.15, -0.1) is 12.6 Å². The summed E-state index contributed by atoms with van der Waals surface area (Å²) in [6, 6.07) is 5.59. The number of halogens is 1. The number of benzene rings is 1. The third-order valence-electron chi connectivity index (χ3n) is 1.83. The Kier molecular flexibility index (Phi) is 4.00. The number of carbonyl (C=O) groups excluding carboxylic acids is 1.